The maximum Gasteiger partial charge on any atom is 0.322 e. The zero-order chi connectivity index (χ0) is 12.0. The fourth-order valence-corrected chi connectivity index (χ4v) is 3.06. The first-order chi connectivity index (χ1) is 7.65. The van der Waals surface area contributed by atoms with Crippen LogP contribution in [0.1, 0.15) is 0 Å². The van der Waals surface area contributed by atoms with E-state index in [-0.39, 0.29) is 11.6 Å². The lowest BCUT2D eigenvalue weighted by Crippen LogP contribution is -2.33. The molecule has 0 radical (unpaired) electrons. The average molecular weight is 279 g/mol. The van der Waals surface area contributed by atoms with Crippen LogP contribution in [-0.2, 0) is 4.79 Å². The summed E-state index contributed by atoms with van der Waals surface area (Å²) in [7, 11) is 2.22. The van der Waals surface area contributed by atoms with Crippen molar-refractivity contribution in [2.75, 3.05) is 5.75 Å². The molecule has 1 rings (SSSR count). The highest BCUT2D eigenvalue weighted by atomic mass is 33.1. The lowest BCUT2D eigenvalue weighted by atomic mass is 10.4. The molecular weight excluding hydrogens is 269 g/mol. The zero-order valence-electron chi connectivity index (χ0n) is 8.09. The Balaban J connectivity index is 2.41. The van der Waals surface area contributed by atoms with Crippen LogP contribution < -0.4 is 4.72 Å². The number of carbonyl (C=O) groups is 1. The third-order valence-electron chi connectivity index (χ3n) is 1.64. The van der Waals surface area contributed by atoms with Crippen LogP contribution in [0.4, 0.5) is 4.39 Å². The van der Waals surface area contributed by atoms with E-state index in [1.165, 1.54) is 6.07 Å². The molecule has 1 atom stereocenters. The molecule has 88 valence electrons. The van der Waals surface area contributed by atoms with Gasteiger partial charge in [0, 0.05) is 5.75 Å². The topological polar surface area (TPSA) is 49.3 Å². The van der Waals surface area contributed by atoms with Gasteiger partial charge in [0.25, 0.3) is 0 Å². The summed E-state index contributed by atoms with van der Waals surface area (Å²) in [5.41, 5.74) is 0. The third kappa shape index (κ3) is 4.25. The monoisotopic (exact) mass is 279 g/mol. The molecule has 0 spiro atoms. The fourth-order valence-electron chi connectivity index (χ4n) is 0.805. The quantitative estimate of drug-likeness (QED) is 0.424. The first kappa shape index (κ1) is 13.7. The second-order valence-corrected chi connectivity index (χ2v) is 5.16. The van der Waals surface area contributed by atoms with Crippen LogP contribution in [-0.4, -0.2) is 22.9 Å². The zero-order valence-corrected chi connectivity index (χ0v) is 10.6. The van der Waals surface area contributed by atoms with Crippen LogP contribution in [0.15, 0.2) is 29.2 Å². The van der Waals surface area contributed by atoms with E-state index in [1.807, 2.05) is 0 Å². The van der Waals surface area contributed by atoms with E-state index in [2.05, 4.69) is 17.4 Å². The summed E-state index contributed by atoms with van der Waals surface area (Å²) >= 11 is 3.90. The summed E-state index contributed by atoms with van der Waals surface area (Å²) in [6, 6.07) is 5.57. The molecular formula is C9H10FNO2S3. The lowest BCUT2D eigenvalue weighted by molar-refractivity contribution is -0.138. The largest absolute Gasteiger partial charge is 0.480 e. The number of aliphatic carboxylic acids is 1. The Morgan fingerprint density at radius 2 is 2.25 bits per heavy atom. The van der Waals surface area contributed by atoms with E-state index in [1.54, 1.807) is 18.2 Å². The van der Waals surface area contributed by atoms with Gasteiger partial charge >= 0.3 is 5.97 Å². The van der Waals surface area contributed by atoms with Crippen molar-refractivity contribution in [3.63, 3.8) is 0 Å². The Hall–Kier alpha value is -0.370. The molecule has 1 unspecified atom stereocenters. The summed E-state index contributed by atoms with van der Waals surface area (Å²) in [6.45, 7) is 0. The molecule has 1 aromatic carbocycles. The summed E-state index contributed by atoms with van der Waals surface area (Å²) in [5.74, 6) is -1.11. The summed E-state index contributed by atoms with van der Waals surface area (Å²) in [5, 5.41) is 8.72. The van der Waals surface area contributed by atoms with Gasteiger partial charge in [-0.3, -0.25) is 4.79 Å². The van der Waals surface area contributed by atoms with Crippen molar-refractivity contribution in [3.8, 4) is 0 Å². The second-order valence-electron chi connectivity index (χ2n) is 2.79. The molecule has 0 bridgehead atoms. The van der Waals surface area contributed by atoms with Crippen LogP contribution >= 0.6 is 34.4 Å². The highest BCUT2D eigenvalue weighted by Gasteiger charge is 2.15. The lowest BCUT2D eigenvalue weighted by Gasteiger charge is -2.09. The van der Waals surface area contributed by atoms with Crippen molar-refractivity contribution in [1.82, 2.24) is 4.72 Å². The van der Waals surface area contributed by atoms with Gasteiger partial charge in [0.2, 0.25) is 0 Å². The molecule has 16 heavy (non-hydrogen) atoms. The second kappa shape index (κ2) is 7.05. The fraction of sp³-hybridized carbons (Fsp3) is 0.222. The minimum atomic E-state index is -0.975. The molecule has 0 saturated heterocycles. The van der Waals surface area contributed by atoms with Gasteiger partial charge in [0.1, 0.15) is 11.9 Å². The van der Waals surface area contributed by atoms with Crippen molar-refractivity contribution in [2.45, 2.75) is 10.9 Å². The highest BCUT2D eigenvalue weighted by molar-refractivity contribution is 8.76. The van der Waals surface area contributed by atoms with Gasteiger partial charge in [-0.25, -0.2) is 9.11 Å². The molecule has 7 heteroatoms. The summed E-state index contributed by atoms with van der Waals surface area (Å²) in [4.78, 5) is 11.1. The Bertz CT molecular complexity index is 364. The van der Waals surface area contributed by atoms with E-state index in [4.69, 9.17) is 5.11 Å². The van der Waals surface area contributed by atoms with E-state index in [0.717, 1.165) is 21.8 Å². The number of carboxylic acid groups (broad SMARTS) is 1. The maximum absolute atomic E-state index is 13.2. The van der Waals surface area contributed by atoms with E-state index in [0.29, 0.717) is 4.90 Å². The predicted octanol–water partition coefficient (Wildman–Crippen LogP) is 2.45. The number of halogens is 1. The molecule has 0 aliphatic carbocycles. The first-order valence-electron chi connectivity index (χ1n) is 4.32. The number of hydrogen-bond donors (Lipinski definition) is 3. The van der Waals surface area contributed by atoms with Gasteiger partial charge in [0.15, 0.2) is 0 Å². The highest BCUT2D eigenvalue weighted by Crippen LogP contribution is 2.30. The summed E-state index contributed by atoms with van der Waals surface area (Å²) in [6.07, 6.45) is 0. The Labute approximate surface area is 106 Å². The average Bonchev–Trinajstić information content (AvgIpc) is 2.26. The molecule has 3 nitrogen and oxygen atoms in total. The molecule has 0 aromatic heterocycles. The predicted molar refractivity (Wildman–Crippen MR) is 68.3 cm³/mol. The van der Waals surface area contributed by atoms with Crippen LogP contribution in [0.3, 0.4) is 0 Å². The third-order valence-corrected chi connectivity index (χ3v) is 4.06. The van der Waals surface area contributed by atoms with Crippen LogP contribution in [0.5, 0.6) is 0 Å². The maximum atomic E-state index is 13.2. The Kier molecular flexibility index (Phi) is 6.04. The van der Waals surface area contributed by atoms with Crippen molar-refractivity contribution >= 4 is 40.4 Å². The number of rotatable bonds is 6. The minimum Gasteiger partial charge on any atom is -0.480 e. The number of carboxylic acids is 1. The normalized spacial score (nSPS) is 12.4. The molecule has 0 aliphatic rings. The Morgan fingerprint density at radius 1 is 1.56 bits per heavy atom. The number of nitrogens with one attached hydrogen (secondary N) is 1. The number of hydrogen-bond acceptors (Lipinski definition) is 5. The standard InChI is InChI=1S/C9H10FNO2S3/c10-6-3-1-2-4-8(6)15-16-11-7(5-14)9(12)13/h1-4,7,11,14H,5H2,(H,12,13). The number of benzene rings is 1. The summed E-state index contributed by atoms with van der Waals surface area (Å²) < 4.78 is 15.8. The van der Waals surface area contributed by atoms with Crippen molar-refractivity contribution in [2.24, 2.45) is 0 Å². The van der Waals surface area contributed by atoms with Gasteiger partial charge in [-0.05, 0) is 33.9 Å². The van der Waals surface area contributed by atoms with Gasteiger partial charge in [0.05, 0.1) is 4.90 Å². The molecule has 0 fully saturated rings. The van der Waals surface area contributed by atoms with Crippen LogP contribution in [0, 0.1) is 5.82 Å². The van der Waals surface area contributed by atoms with E-state index in [9.17, 15) is 9.18 Å². The van der Waals surface area contributed by atoms with E-state index < -0.39 is 12.0 Å². The first-order valence-corrected chi connectivity index (χ1v) is 7.10. The molecule has 2 N–H and O–H groups in total. The molecule has 0 aliphatic heterocycles. The molecule has 0 saturated carbocycles. The SMILES string of the molecule is O=C(O)C(CS)NSSc1ccccc1F. The van der Waals surface area contributed by atoms with Gasteiger partial charge in [-0.2, -0.15) is 12.6 Å². The van der Waals surface area contributed by atoms with Crippen LogP contribution in [0.2, 0.25) is 0 Å². The van der Waals surface area contributed by atoms with E-state index >= 15 is 0 Å². The van der Waals surface area contributed by atoms with Gasteiger partial charge in [-0.15, -0.1) is 0 Å². The minimum absolute atomic E-state index is 0.181. The molecule has 1 aromatic rings. The van der Waals surface area contributed by atoms with Gasteiger partial charge < -0.3 is 5.11 Å². The smallest absolute Gasteiger partial charge is 0.322 e. The van der Waals surface area contributed by atoms with Crippen molar-refractivity contribution in [3.05, 3.63) is 30.1 Å². The molecule has 0 amide bonds. The van der Waals surface area contributed by atoms with Crippen molar-refractivity contribution < 1.29 is 14.3 Å². The van der Waals surface area contributed by atoms with Crippen LogP contribution in [0.25, 0.3) is 0 Å². The molecule has 0 heterocycles. The van der Waals surface area contributed by atoms with Crippen molar-refractivity contribution in [1.29, 1.82) is 0 Å². The Morgan fingerprint density at radius 3 is 2.81 bits per heavy atom. The van der Waals surface area contributed by atoms with Gasteiger partial charge in [-0.1, -0.05) is 12.1 Å². The number of thiol groups is 1.